The van der Waals surface area contributed by atoms with Crippen molar-refractivity contribution in [1.82, 2.24) is 10.1 Å². The van der Waals surface area contributed by atoms with Gasteiger partial charge in [0.05, 0.1) is 5.56 Å². The molecule has 4 rings (SSSR count). The van der Waals surface area contributed by atoms with E-state index in [9.17, 15) is 13.2 Å². The molecule has 0 aliphatic rings. The second kappa shape index (κ2) is 6.96. The fourth-order valence-corrected chi connectivity index (χ4v) is 3.00. The zero-order valence-electron chi connectivity index (χ0n) is 14.8. The van der Waals surface area contributed by atoms with E-state index in [0.29, 0.717) is 11.1 Å². The van der Waals surface area contributed by atoms with Gasteiger partial charge in [-0.2, -0.15) is 18.2 Å². The van der Waals surface area contributed by atoms with Gasteiger partial charge in [0, 0.05) is 11.1 Å². The third-order valence-corrected chi connectivity index (χ3v) is 4.38. The second-order valence-corrected chi connectivity index (χ2v) is 6.27. The average Bonchev–Trinajstić information content (AvgIpc) is 3.18. The molecule has 4 aromatic rings. The van der Waals surface area contributed by atoms with Gasteiger partial charge < -0.3 is 4.52 Å². The van der Waals surface area contributed by atoms with Gasteiger partial charge in [-0.05, 0) is 41.8 Å². The van der Waals surface area contributed by atoms with E-state index in [0.717, 1.165) is 11.6 Å². The van der Waals surface area contributed by atoms with Crippen molar-refractivity contribution in [3.63, 3.8) is 0 Å². The fraction of sp³-hybridized carbons (Fsp3) is 0.0909. The Morgan fingerprint density at radius 3 is 2.43 bits per heavy atom. The molecule has 0 unspecified atom stereocenters. The van der Waals surface area contributed by atoms with Crippen molar-refractivity contribution in [3.05, 3.63) is 83.9 Å². The quantitative estimate of drug-likeness (QED) is 0.425. The van der Waals surface area contributed by atoms with Crippen LogP contribution in [0.3, 0.4) is 0 Å². The van der Waals surface area contributed by atoms with Crippen LogP contribution in [0.5, 0.6) is 0 Å². The Morgan fingerprint density at radius 1 is 0.929 bits per heavy atom. The number of alkyl halides is 3. The van der Waals surface area contributed by atoms with Crippen LogP contribution < -0.4 is 0 Å². The molecule has 3 aromatic carbocycles. The minimum atomic E-state index is -4.52. The lowest BCUT2D eigenvalue weighted by Gasteiger charge is -2.15. The molecule has 0 fully saturated rings. The molecule has 0 amide bonds. The Morgan fingerprint density at radius 2 is 1.71 bits per heavy atom. The van der Waals surface area contributed by atoms with Crippen molar-refractivity contribution < 1.29 is 17.7 Å². The third kappa shape index (κ3) is 3.41. The topological polar surface area (TPSA) is 38.9 Å². The van der Waals surface area contributed by atoms with Crippen LogP contribution in [-0.4, -0.2) is 10.1 Å². The summed E-state index contributed by atoms with van der Waals surface area (Å²) in [5, 5.41) is 3.85. The van der Waals surface area contributed by atoms with Crippen molar-refractivity contribution in [1.29, 1.82) is 0 Å². The van der Waals surface area contributed by atoms with Crippen LogP contribution in [0.25, 0.3) is 34.0 Å². The van der Waals surface area contributed by atoms with Crippen LogP contribution in [0.2, 0.25) is 0 Å². The first kappa shape index (κ1) is 18.0. The molecule has 0 atom stereocenters. The number of rotatable bonds is 3. The van der Waals surface area contributed by atoms with E-state index in [-0.39, 0.29) is 22.8 Å². The molecule has 0 aliphatic carbocycles. The standard InChI is InChI=1S/C22H14F3N2O/c1-14-7-5-6-10-17(14)18-12-11-16(13-19(18)22(23,24)25)21-26-20(27-28-21)15-8-3-2-4-9-15/h2-8,10-13H,1H3. The van der Waals surface area contributed by atoms with Gasteiger partial charge >= 0.3 is 6.18 Å². The summed E-state index contributed by atoms with van der Waals surface area (Å²) in [6, 6.07) is 21.0. The highest BCUT2D eigenvalue weighted by Gasteiger charge is 2.34. The van der Waals surface area contributed by atoms with Crippen LogP contribution in [0.15, 0.2) is 71.3 Å². The van der Waals surface area contributed by atoms with Crippen molar-refractivity contribution in [2.24, 2.45) is 0 Å². The lowest BCUT2D eigenvalue weighted by atomic mass is 9.94. The van der Waals surface area contributed by atoms with Crippen molar-refractivity contribution in [2.75, 3.05) is 0 Å². The Hall–Kier alpha value is -3.41. The summed E-state index contributed by atoms with van der Waals surface area (Å²) in [5.74, 6) is 0.293. The maximum atomic E-state index is 13.8. The first-order valence-corrected chi connectivity index (χ1v) is 8.52. The van der Waals surface area contributed by atoms with E-state index in [1.165, 1.54) is 6.07 Å². The molecule has 28 heavy (non-hydrogen) atoms. The maximum Gasteiger partial charge on any atom is 0.417 e. The monoisotopic (exact) mass is 379 g/mol. The highest BCUT2D eigenvalue weighted by molar-refractivity contribution is 5.74. The number of halogens is 3. The van der Waals surface area contributed by atoms with Gasteiger partial charge in [0.15, 0.2) is 0 Å². The molecule has 1 heterocycles. The van der Waals surface area contributed by atoms with E-state index in [2.05, 4.69) is 16.2 Å². The minimum Gasteiger partial charge on any atom is -0.334 e. The molecule has 0 saturated heterocycles. The smallest absolute Gasteiger partial charge is 0.334 e. The zero-order chi connectivity index (χ0) is 19.7. The predicted octanol–water partition coefficient (Wildman–Crippen LogP) is 6.20. The Kier molecular flexibility index (Phi) is 4.47. The molecule has 0 aliphatic heterocycles. The van der Waals surface area contributed by atoms with Crippen molar-refractivity contribution in [3.8, 4) is 34.0 Å². The number of benzene rings is 3. The SMILES string of the molecule is Cc1ccccc1-c1ccc(-c2nc(-c3[c]cccc3)no2)cc1C(F)(F)F. The largest absolute Gasteiger partial charge is 0.417 e. The summed E-state index contributed by atoms with van der Waals surface area (Å²) in [5.41, 5.74) is 1.48. The summed E-state index contributed by atoms with van der Waals surface area (Å²) < 4.78 is 46.5. The third-order valence-electron chi connectivity index (χ3n) is 4.38. The van der Waals surface area contributed by atoms with Crippen LogP contribution in [0, 0.1) is 13.0 Å². The zero-order valence-corrected chi connectivity index (χ0v) is 14.8. The summed E-state index contributed by atoms with van der Waals surface area (Å²) >= 11 is 0. The van der Waals surface area contributed by atoms with Gasteiger partial charge in [0.1, 0.15) is 0 Å². The summed E-state index contributed by atoms with van der Waals surface area (Å²) in [7, 11) is 0. The molecule has 0 bridgehead atoms. The van der Waals surface area contributed by atoms with E-state index < -0.39 is 11.7 Å². The van der Waals surface area contributed by atoms with Gasteiger partial charge in [-0.25, -0.2) is 0 Å². The summed E-state index contributed by atoms with van der Waals surface area (Å²) in [4.78, 5) is 4.22. The maximum absolute atomic E-state index is 13.8. The van der Waals surface area contributed by atoms with E-state index in [1.54, 1.807) is 61.5 Å². The summed E-state index contributed by atoms with van der Waals surface area (Å²) in [6.07, 6.45) is -4.52. The first-order valence-electron chi connectivity index (χ1n) is 8.52. The minimum absolute atomic E-state index is 0.0223. The molecule has 1 radical (unpaired) electrons. The molecule has 3 nitrogen and oxygen atoms in total. The fourth-order valence-electron chi connectivity index (χ4n) is 3.00. The molecule has 0 spiro atoms. The molecule has 1 aromatic heterocycles. The second-order valence-electron chi connectivity index (χ2n) is 6.27. The first-order chi connectivity index (χ1) is 13.4. The highest BCUT2D eigenvalue weighted by atomic mass is 19.4. The van der Waals surface area contributed by atoms with Crippen LogP contribution in [-0.2, 0) is 6.18 Å². The van der Waals surface area contributed by atoms with Crippen molar-refractivity contribution >= 4 is 0 Å². The Bertz CT molecular complexity index is 1120. The molecule has 139 valence electrons. The van der Waals surface area contributed by atoms with Crippen LogP contribution >= 0.6 is 0 Å². The van der Waals surface area contributed by atoms with Crippen LogP contribution in [0.4, 0.5) is 13.2 Å². The number of aryl methyl sites for hydroxylation is 1. The van der Waals surface area contributed by atoms with Crippen molar-refractivity contribution in [2.45, 2.75) is 13.1 Å². The molecular weight excluding hydrogens is 365 g/mol. The van der Waals surface area contributed by atoms with Crippen LogP contribution in [0.1, 0.15) is 11.1 Å². The Labute approximate surface area is 159 Å². The predicted molar refractivity (Wildman–Crippen MR) is 99.2 cm³/mol. The number of nitrogens with zero attached hydrogens (tertiary/aromatic N) is 2. The van der Waals surface area contributed by atoms with Gasteiger partial charge in [0.2, 0.25) is 5.82 Å². The average molecular weight is 379 g/mol. The van der Waals surface area contributed by atoms with Gasteiger partial charge in [-0.15, -0.1) is 0 Å². The highest BCUT2D eigenvalue weighted by Crippen LogP contribution is 2.40. The molecule has 0 N–H and O–H groups in total. The van der Waals surface area contributed by atoms with Gasteiger partial charge in [-0.3, -0.25) is 0 Å². The van der Waals surface area contributed by atoms with E-state index >= 15 is 0 Å². The normalized spacial score (nSPS) is 11.6. The summed E-state index contributed by atoms with van der Waals surface area (Å²) in [6.45, 7) is 1.78. The number of hydrogen-bond acceptors (Lipinski definition) is 3. The molecule has 6 heteroatoms. The lowest BCUT2D eigenvalue weighted by molar-refractivity contribution is -0.137. The van der Waals surface area contributed by atoms with Gasteiger partial charge in [0.25, 0.3) is 5.89 Å². The van der Waals surface area contributed by atoms with E-state index in [1.807, 2.05) is 0 Å². The van der Waals surface area contributed by atoms with Gasteiger partial charge in [-0.1, -0.05) is 59.8 Å². The molecule has 0 saturated carbocycles. The number of hydrogen-bond donors (Lipinski definition) is 0. The number of aromatic nitrogens is 2. The Balaban J connectivity index is 1.80. The van der Waals surface area contributed by atoms with E-state index in [4.69, 9.17) is 4.52 Å². The molecular formula is C22H14F3N2O. The lowest BCUT2D eigenvalue weighted by Crippen LogP contribution is -2.08.